The molecule has 1 aromatic heterocycles. The number of nitrogens with one attached hydrogen (secondary N) is 1. The summed E-state index contributed by atoms with van der Waals surface area (Å²) in [4.78, 5) is 17.7. The van der Waals surface area contributed by atoms with Gasteiger partial charge in [0.15, 0.2) is 0 Å². The molecule has 1 N–H and O–H groups in total. The highest BCUT2D eigenvalue weighted by atomic mass is 32.2. The second-order valence-corrected chi connectivity index (χ2v) is 9.53. The zero-order chi connectivity index (χ0) is 21.3. The van der Waals surface area contributed by atoms with E-state index in [0.717, 1.165) is 41.2 Å². The number of rotatable bonds is 7. The Labute approximate surface area is 182 Å². The van der Waals surface area contributed by atoms with E-state index in [-0.39, 0.29) is 11.2 Å². The fourth-order valence-corrected chi connectivity index (χ4v) is 4.26. The second-order valence-electron chi connectivity index (χ2n) is 8.22. The van der Waals surface area contributed by atoms with Gasteiger partial charge in [0.1, 0.15) is 5.82 Å². The van der Waals surface area contributed by atoms with Crippen molar-refractivity contribution in [3.05, 3.63) is 65.5 Å². The predicted octanol–water partition coefficient (Wildman–Crippen LogP) is 5.70. The molecule has 0 spiro atoms. The van der Waals surface area contributed by atoms with Crippen molar-refractivity contribution < 1.29 is 4.79 Å². The summed E-state index contributed by atoms with van der Waals surface area (Å²) >= 11 is 1.41. The summed E-state index contributed by atoms with van der Waals surface area (Å²) in [7, 11) is 0. The van der Waals surface area contributed by atoms with Crippen molar-refractivity contribution in [1.29, 1.82) is 0 Å². The lowest BCUT2D eigenvalue weighted by atomic mass is 9.98. The van der Waals surface area contributed by atoms with Crippen LogP contribution in [0.5, 0.6) is 0 Å². The van der Waals surface area contributed by atoms with E-state index in [2.05, 4.69) is 25.2 Å². The molecule has 0 radical (unpaired) electrons. The van der Waals surface area contributed by atoms with Crippen molar-refractivity contribution >= 4 is 23.4 Å². The first kappa shape index (κ1) is 20.7. The second kappa shape index (κ2) is 8.64. The van der Waals surface area contributed by atoms with Crippen LogP contribution < -0.4 is 5.32 Å². The van der Waals surface area contributed by atoms with Gasteiger partial charge in [-0.3, -0.25) is 4.79 Å². The number of hydrogen-bond acceptors (Lipinski definition) is 4. The van der Waals surface area contributed by atoms with Crippen molar-refractivity contribution in [2.45, 2.75) is 62.8 Å². The van der Waals surface area contributed by atoms with Gasteiger partial charge in [0, 0.05) is 11.6 Å². The van der Waals surface area contributed by atoms with Gasteiger partial charge in [-0.05, 0) is 55.9 Å². The first-order valence-electron chi connectivity index (χ1n) is 10.5. The summed E-state index contributed by atoms with van der Waals surface area (Å²) in [6.45, 7) is 8.22. The monoisotopic (exact) mass is 420 g/mol. The SMILES string of the molecule is Cc1cccc(C(C)C)c1NC(=O)C(C)Sc1nc(C2CC2)n(-c2ccccc2)n1. The normalized spacial score (nSPS) is 14.7. The quantitative estimate of drug-likeness (QED) is 0.498. The standard InChI is InChI=1S/C24H28N4OS/c1-15(2)20-12-8-9-16(3)21(20)25-23(29)17(4)30-24-26-22(18-13-14-18)28(27-24)19-10-6-5-7-11-19/h5-12,15,17-18H,13-14H2,1-4H3,(H,25,29). The maximum atomic E-state index is 13.0. The van der Waals surface area contributed by atoms with Crippen LogP contribution in [-0.2, 0) is 4.79 Å². The topological polar surface area (TPSA) is 59.8 Å². The summed E-state index contributed by atoms with van der Waals surface area (Å²) in [6.07, 6.45) is 2.30. The van der Waals surface area contributed by atoms with Gasteiger partial charge in [0.25, 0.3) is 0 Å². The molecular weight excluding hydrogens is 392 g/mol. The Kier molecular flexibility index (Phi) is 5.95. The highest BCUT2D eigenvalue weighted by Crippen LogP contribution is 2.40. The number of amides is 1. The Hall–Kier alpha value is -2.60. The maximum absolute atomic E-state index is 13.0. The van der Waals surface area contributed by atoms with Crippen LogP contribution >= 0.6 is 11.8 Å². The minimum absolute atomic E-state index is 0.0276. The lowest BCUT2D eigenvalue weighted by Gasteiger charge is -2.18. The molecule has 3 aromatic rings. The molecule has 2 aromatic carbocycles. The van der Waals surface area contributed by atoms with Crippen LogP contribution in [0.15, 0.2) is 53.7 Å². The number of hydrogen-bond donors (Lipinski definition) is 1. The molecule has 1 aliphatic rings. The molecule has 6 heteroatoms. The molecule has 1 aliphatic carbocycles. The largest absolute Gasteiger partial charge is 0.325 e. The van der Waals surface area contributed by atoms with Gasteiger partial charge >= 0.3 is 0 Å². The first-order chi connectivity index (χ1) is 14.4. The third kappa shape index (κ3) is 4.43. The van der Waals surface area contributed by atoms with Gasteiger partial charge in [-0.1, -0.05) is 62.0 Å². The summed E-state index contributed by atoms with van der Waals surface area (Å²) in [5.41, 5.74) is 4.17. The fourth-order valence-electron chi connectivity index (χ4n) is 3.50. The van der Waals surface area contributed by atoms with Gasteiger partial charge < -0.3 is 5.32 Å². The van der Waals surface area contributed by atoms with Crippen molar-refractivity contribution in [2.24, 2.45) is 0 Å². The number of para-hydroxylation sites is 2. The van der Waals surface area contributed by atoms with E-state index in [0.29, 0.717) is 17.0 Å². The molecule has 156 valence electrons. The average molecular weight is 421 g/mol. The molecule has 1 heterocycles. The number of benzene rings is 2. The van der Waals surface area contributed by atoms with Crippen LogP contribution in [0.2, 0.25) is 0 Å². The van der Waals surface area contributed by atoms with E-state index in [4.69, 9.17) is 10.1 Å². The van der Waals surface area contributed by atoms with E-state index in [1.165, 1.54) is 11.8 Å². The maximum Gasteiger partial charge on any atom is 0.237 e. The average Bonchev–Trinajstić information content (AvgIpc) is 3.50. The van der Waals surface area contributed by atoms with Crippen LogP contribution in [0, 0.1) is 6.92 Å². The van der Waals surface area contributed by atoms with Crippen LogP contribution in [-0.4, -0.2) is 25.9 Å². The summed E-state index contributed by atoms with van der Waals surface area (Å²) < 4.78 is 1.93. The molecule has 5 nitrogen and oxygen atoms in total. The molecule has 4 rings (SSSR count). The Morgan fingerprint density at radius 3 is 2.50 bits per heavy atom. The molecule has 1 saturated carbocycles. The van der Waals surface area contributed by atoms with Gasteiger partial charge in [-0.25, -0.2) is 9.67 Å². The molecule has 30 heavy (non-hydrogen) atoms. The molecule has 1 atom stereocenters. The van der Waals surface area contributed by atoms with E-state index in [9.17, 15) is 4.79 Å². The number of aryl methyl sites for hydroxylation is 1. The van der Waals surface area contributed by atoms with Crippen molar-refractivity contribution in [3.63, 3.8) is 0 Å². The smallest absolute Gasteiger partial charge is 0.237 e. The van der Waals surface area contributed by atoms with E-state index >= 15 is 0 Å². The minimum Gasteiger partial charge on any atom is -0.325 e. The number of carbonyl (C=O) groups excluding carboxylic acids is 1. The van der Waals surface area contributed by atoms with Crippen LogP contribution in [0.4, 0.5) is 5.69 Å². The number of aromatic nitrogens is 3. The fraction of sp³-hybridized carbons (Fsp3) is 0.375. The Morgan fingerprint density at radius 1 is 1.10 bits per heavy atom. The third-order valence-electron chi connectivity index (χ3n) is 5.38. The lowest BCUT2D eigenvalue weighted by molar-refractivity contribution is -0.115. The van der Waals surface area contributed by atoms with Crippen molar-refractivity contribution in [2.75, 3.05) is 5.32 Å². The van der Waals surface area contributed by atoms with E-state index in [1.54, 1.807) is 0 Å². The Morgan fingerprint density at radius 2 is 1.83 bits per heavy atom. The Bertz CT molecular complexity index is 1040. The number of carbonyl (C=O) groups is 1. The molecule has 0 bridgehead atoms. The van der Waals surface area contributed by atoms with Crippen LogP contribution in [0.1, 0.15) is 62.4 Å². The first-order valence-corrected chi connectivity index (χ1v) is 11.4. The zero-order valence-corrected chi connectivity index (χ0v) is 18.7. The summed E-state index contributed by atoms with van der Waals surface area (Å²) in [5.74, 6) is 1.78. The van der Waals surface area contributed by atoms with E-state index < -0.39 is 0 Å². The van der Waals surface area contributed by atoms with Crippen molar-refractivity contribution in [1.82, 2.24) is 14.8 Å². The predicted molar refractivity (Wildman–Crippen MR) is 123 cm³/mol. The molecule has 0 aliphatic heterocycles. The van der Waals surface area contributed by atoms with Crippen LogP contribution in [0.25, 0.3) is 5.69 Å². The van der Waals surface area contributed by atoms with Crippen LogP contribution in [0.3, 0.4) is 0 Å². The molecule has 1 fully saturated rings. The number of thioether (sulfide) groups is 1. The number of nitrogens with zero attached hydrogens (tertiary/aromatic N) is 3. The zero-order valence-electron chi connectivity index (χ0n) is 17.9. The summed E-state index contributed by atoms with van der Waals surface area (Å²) in [6, 6.07) is 16.2. The molecule has 1 amide bonds. The lowest BCUT2D eigenvalue weighted by Crippen LogP contribution is -2.24. The van der Waals surface area contributed by atoms with Crippen molar-refractivity contribution in [3.8, 4) is 5.69 Å². The third-order valence-corrected chi connectivity index (χ3v) is 6.33. The Balaban J connectivity index is 1.52. The highest BCUT2D eigenvalue weighted by Gasteiger charge is 2.31. The minimum atomic E-state index is -0.303. The van der Waals surface area contributed by atoms with Gasteiger partial charge in [-0.15, -0.1) is 5.10 Å². The molecule has 0 saturated heterocycles. The number of anilines is 1. The van der Waals surface area contributed by atoms with Gasteiger partial charge in [-0.2, -0.15) is 0 Å². The summed E-state index contributed by atoms with van der Waals surface area (Å²) in [5, 5.41) is 8.22. The van der Waals surface area contributed by atoms with Gasteiger partial charge in [0.2, 0.25) is 11.1 Å². The van der Waals surface area contributed by atoms with Gasteiger partial charge in [0.05, 0.1) is 10.9 Å². The molecular formula is C24H28N4OS. The molecule has 1 unspecified atom stereocenters. The van der Waals surface area contributed by atoms with E-state index in [1.807, 2.05) is 61.0 Å². The highest BCUT2D eigenvalue weighted by molar-refractivity contribution is 8.00.